The molecule has 2 amide bonds. The van der Waals surface area contributed by atoms with Gasteiger partial charge in [0, 0.05) is 17.8 Å². The largest absolute Gasteiger partial charge is 0.396 e. The molecule has 0 saturated heterocycles. The van der Waals surface area contributed by atoms with E-state index in [4.69, 9.17) is 5.11 Å². The van der Waals surface area contributed by atoms with Gasteiger partial charge in [0.1, 0.15) is 0 Å². The second-order valence-corrected chi connectivity index (χ2v) is 5.59. The minimum absolute atomic E-state index is 0.0546. The summed E-state index contributed by atoms with van der Waals surface area (Å²) in [5.74, 6) is 0. The van der Waals surface area contributed by atoms with E-state index in [-0.39, 0.29) is 12.6 Å². The van der Waals surface area contributed by atoms with Crippen molar-refractivity contribution in [2.24, 2.45) is 0 Å². The molecule has 1 aromatic rings. The quantitative estimate of drug-likeness (QED) is 0.749. The Labute approximate surface area is 121 Å². The van der Waals surface area contributed by atoms with E-state index in [9.17, 15) is 4.79 Å². The number of aliphatic hydroxyl groups excluding tert-OH is 1. The highest BCUT2D eigenvalue weighted by Gasteiger charge is 2.20. The van der Waals surface area contributed by atoms with Crippen LogP contribution < -0.4 is 10.6 Å². The summed E-state index contributed by atoms with van der Waals surface area (Å²) < 4.78 is 0. The van der Waals surface area contributed by atoms with Gasteiger partial charge in [-0.25, -0.2) is 4.79 Å². The van der Waals surface area contributed by atoms with Gasteiger partial charge in [0.25, 0.3) is 0 Å². The van der Waals surface area contributed by atoms with Crippen LogP contribution >= 0.6 is 0 Å². The van der Waals surface area contributed by atoms with E-state index in [1.807, 2.05) is 32.0 Å². The number of carbonyl (C=O) groups is 1. The Morgan fingerprint density at radius 3 is 2.20 bits per heavy atom. The van der Waals surface area contributed by atoms with Gasteiger partial charge in [0.2, 0.25) is 0 Å². The Morgan fingerprint density at radius 1 is 1.20 bits per heavy atom. The number of aliphatic hydroxyl groups is 1. The average Bonchev–Trinajstić information content (AvgIpc) is 2.37. The third-order valence-corrected chi connectivity index (χ3v) is 3.43. The molecule has 0 aliphatic carbocycles. The molecule has 4 nitrogen and oxygen atoms in total. The van der Waals surface area contributed by atoms with Gasteiger partial charge in [-0.1, -0.05) is 32.0 Å². The topological polar surface area (TPSA) is 61.4 Å². The Bertz CT molecular complexity index is 434. The number of rotatable bonds is 6. The highest BCUT2D eigenvalue weighted by Crippen LogP contribution is 2.22. The number of anilines is 1. The van der Waals surface area contributed by atoms with E-state index in [2.05, 4.69) is 24.5 Å². The number of aryl methyl sites for hydroxylation is 2. The van der Waals surface area contributed by atoms with E-state index in [0.717, 1.165) is 29.7 Å². The minimum Gasteiger partial charge on any atom is -0.396 e. The summed E-state index contributed by atoms with van der Waals surface area (Å²) in [6.07, 6.45) is 2.28. The van der Waals surface area contributed by atoms with Gasteiger partial charge >= 0.3 is 6.03 Å². The Hall–Kier alpha value is -1.55. The van der Waals surface area contributed by atoms with Crippen LogP contribution in [-0.2, 0) is 12.8 Å². The maximum Gasteiger partial charge on any atom is 0.319 e. The smallest absolute Gasteiger partial charge is 0.319 e. The number of carbonyl (C=O) groups excluding carboxylic acids is 1. The molecular formula is C16H26N2O2. The molecule has 0 saturated carbocycles. The van der Waals surface area contributed by atoms with Crippen molar-refractivity contribution in [2.75, 3.05) is 11.9 Å². The molecule has 0 aliphatic rings. The molecule has 112 valence electrons. The van der Waals surface area contributed by atoms with Crippen molar-refractivity contribution < 1.29 is 9.90 Å². The number of para-hydroxylation sites is 1. The van der Waals surface area contributed by atoms with E-state index in [1.165, 1.54) is 0 Å². The molecule has 0 bridgehead atoms. The van der Waals surface area contributed by atoms with Gasteiger partial charge < -0.3 is 15.7 Å². The van der Waals surface area contributed by atoms with Gasteiger partial charge in [-0.3, -0.25) is 0 Å². The van der Waals surface area contributed by atoms with Gasteiger partial charge in [-0.05, 0) is 44.2 Å². The van der Waals surface area contributed by atoms with Crippen molar-refractivity contribution in [2.45, 2.75) is 52.5 Å². The monoisotopic (exact) mass is 278 g/mol. The molecule has 0 unspecified atom stereocenters. The number of benzene rings is 1. The van der Waals surface area contributed by atoms with Gasteiger partial charge in [-0.2, -0.15) is 0 Å². The number of urea groups is 1. The van der Waals surface area contributed by atoms with Crippen LogP contribution in [0, 0.1) is 0 Å². The molecule has 1 aromatic carbocycles. The zero-order valence-electron chi connectivity index (χ0n) is 12.9. The molecule has 20 heavy (non-hydrogen) atoms. The van der Waals surface area contributed by atoms with Gasteiger partial charge in [-0.15, -0.1) is 0 Å². The van der Waals surface area contributed by atoms with Crippen molar-refractivity contribution in [3.63, 3.8) is 0 Å². The zero-order chi connectivity index (χ0) is 15.2. The van der Waals surface area contributed by atoms with E-state index < -0.39 is 5.54 Å². The molecule has 0 fully saturated rings. The summed E-state index contributed by atoms with van der Waals surface area (Å²) in [7, 11) is 0. The summed E-state index contributed by atoms with van der Waals surface area (Å²) in [5.41, 5.74) is 2.76. The normalized spacial score (nSPS) is 11.2. The number of nitrogens with one attached hydrogen (secondary N) is 2. The van der Waals surface area contributed by atoms with Gasteiger partial charge in [0.05, 0.1) is 0 Å². The van der Waals surface area contributed by atoms with Crippen LogP contribution in [0.15, 0.2) is 18.2 Å². The fourth-order valence-electron chi connectivity index (χ4n) is 2.20. The number of hydrogen-bond acceptors (Lipinski definition) is 2. The predicted molar refractivity (Wildman–Crippen MR) is 83.1 cm³/mol. The zero-order valence-corrected chi connectivity index (χ0v) is 12.9. The first-order valence-corrected chi connectivity index (χ1v) is 7.24. The molecule has 0 aliphatic heterocycles. The highest BCUT2D eigenvalue weighted by molar-refractivity contribution is 5.91. The fourth-order valence-corrected chi connectivity index (χ4v) is 2.20. The lowest BCUT2D eigenvalue weighted by Crippen LogP contribution is -2.46. The molecule has 4 heteroatoms. The Balaban J connectivity index is 2.85. The first-order chi connectivity index (χ1) is 9.43. The van der Waals surface area contributed by atoms with Crippen molar-refractivity contribution >= 4 is 11.7 Å². The van der Waals surface area contributed by atoms with Crippen molar-refractivity contribution in [3.8, 4) is 0 Å². The summed E-state index contributed by atoms with van der Waals surface area (Å²) >= 11 is 0. The Kier molecular flexibility index (Phi) is 6.02. The molecule has 0 atom stereocenters. The van der Waals surface area contributed by atoms with Crippen LogP contribution in [0.4, 0.5) is 10.5 Å². The van der Waals surface area contributed by atoms with Crippen LogP contribution in [0.25, 0.3) is 0 Å². The van der Waals surface area contributed by atoms with Crippen LogP contribution in [0.2, 0.25) is 0 Å². The maximum absolute atomic E-state index is 12.1. The molecule has 0 heterocycles. The highest BCUT2D eigenvalue weighted by atomic mass is 16.3. The maximum atomic E-state index is 12.1. The molecule has 0 radical (unpaired) electrons. The lowest BCUT2D eigenvalue weighted by atomic mass is 10.0. The third kappa shape index (κ3) is 4.53. The molecule has 0 aromatic heterocycles. The first-order valence-electron chi connectivity index (χ1n) is 7.24. The van der Waals surface area contributed by atoms with Crippen LogP contribution in [0.3, 0.4) is 0 Å². The Morgan fingerprint density at radius 2 is 1.75 bits per heavy atom. The summed E-state index contributed by atoms with van der Waals surface area (Å²) in [5, 5.41) is 14.9. The van der Waals surface area contributed by atoms with E-state index >= 15 is 0 Å². The fraction of sp³-hybridized carbons (Fsp3) is 0.562. The van der Waals surface area contributed by atoms with E-state index in [1.54, 1.807) is 0 Å². The lowest BCUT2D eigenvalue weighted by Gasteiger charge is -2.26. The SMILES string of the molecule is CCc1cccc(CC)c1NC(=O)NC(C)(C)CCO. The molecule has 0 spiro atoms. The summed E-state index contributed by atoms with van der Waals surface area (Å²) in [4.78, 5) is 12.1. The predicted octanol–water partition coefficient (Wildman–Crippen LogP) is 3.09. The number of amides is 2. The molecular weight excluding hydrogens is 252 g/mol. The summed E-state index contributed by atoms with van der Waals surface area (Å²) in [6.45, 7) is 8.00. The van der Waals surface area contributed by atoms with Crippen molar-refractivity contribution in [1.29, 1.82) is 0 Å². The second kappa shape index (κ2) is 7.29. The van der Waals surface area contributed by atoms with Crippen molar-refractivity contribution in [1.82, 2.24) is 5.32 Å². The standard InChI is InChI=1S/C16H26N2O2/c1-5-12-8-7-9-13(6-2)14(12)17-15(20)18-16(3,4)10-11-19/h7-9,19H,5-6,10-11H2,1-4H3,(H2,17,18,20). The van der Waals surface area contributed by atoms with Crippen LogP contribution in [-0.4, -0.2) is 23.3 Å². The second-order valence-electron chi connectivity index (χ2n) is 5.59. The van der Waals surface area contributed by atoms with E-state index in [0.29, 0.717) is 6.42 Å². The first kappa shape index (κ1) is 16.5. The summed E-state index contributed by atoms with van der Waals surface area (Å²) in [6, 6.07) is 5.87. The van der Waals surface area contributed by atoms with Gasteiger partial charge in [0.15, 0.2) is 0 Å². The van der Waals surface area contributed by atoms with Crippen molar-refractivity contribution in [3.05, 3.63) is 29.3 Å². The lowest BCUT2D eigenvalue weighted by molar-refractivity contribution is 0.218. The van der Waals surface area contributed by atoms with Crippen LogP contribution in [0.5, 0.6) is 0 Å². The number of hydrogen-bond donors (Lipinski definition) is 3. The molecule has 1 rings (SSSR count). The average molecular weight is 278 g/mol. The third-order valence-electron chi connectivity index (χ3n) is 3.43. The minimum atomic E-state index is -0.424. The molecule has 3 N–H and O–H groups in total. The van der Waals surface area contributed by atoms with Crippen LogP contribution in [0.1, 0.15) is 45.2 Å².